The van der Waals surface area contributed by atoms with E-state index in [1.165, 1.54) is 22.2 Å². The van der Waals surface area contributed by atoms with Gasteiger partial charge in [-0.1, -0.05) is 37.3 Å². The molecule has 0 saturated carbocycles. The first kappa shape index (κ1) is 18.3. The van der Waals surface area contributed by atoms with Gasteiger partial charge in [-0.15, -0.1) is 11.3 Å². The maximum atomic E-state index is 13.2. The van der Waals surface area contributed by atoms with Crippen molar-refractivity contribution >= 4 is 27.5 Å². The molecular formula is C20H22N2O3S. The van der Waals surface area contributed by atoms with Gasteiger partial charge in [0.15, 0.2) is 0 Å². The number of hydrogen-bond donors (Lipinski definition) is 0. The number of nitrogens with zero attached hydrogens (tertiary/aromatic N) is 2. The third kappa shape index (κ3) is 3.29. The van der Waals surface area contributed by atoms with Crippen LogP contribution >= 0.6 is 11.3 Å². The third-order valence-corrected chi connectivity index (χ3v) is 5.54. The molecule has 2 heterocycles. The van der Waals surface area contributed by atoms with Crippen LogP contribution in [-0.2, 0) is 9.53 Å². The Morgan fingerprint density at radius 2 is 1.96 bits per heavy atom. The molecule has 5 nitrogen and oxygen atoms in total. The predicted molar refractivity (Wildman–Crippen MR) is 105 cm³/mol. The standard InChI is InChI=1S/C20H22N2O3S/c1-5-12(2)25-20(24)13(3)22-11-21-18-17(19(22)23)16(14(4)26-18)15-9-7-6-8-10-15/h6-13H,5H2,1-4H3/t12-,13+/m0/s1. The molecular weight excluding hydrogens is 348 g/mol. The molecule has 26 heavy (non-hydrogen) atoms. The van der Waals surface area contributed by atoms with Gasteiger partial charge < -0.3 is 4.74 Å². The van der Waals surface area contributed by atoms with Crippen LogP contribution in [0.5, 0.6) is 0 Å². The average Bonchev–Trinajstić information content (AvgIpc) is 2.98. The molecule has 6 heteroatoms. The lowest BCUT2D eigenvalue weighted by Gasteiger charge is -2.17. The average molecular weight is 370 g/mol. The molecule has 0 amide bonds. The molecule has 3 aromatic rings. The molecule has 1 aromatic carbocycles. The van der Waals surface area contributed by atoms with Gasteiger partial charge in [-0.2, -0.15) is 0 Å². The van der Waals surface area contributed by atoms with Gasteiger partial charge in [-0.05, 0) is 32.8 Å². The van der Waals surface area contributed by atoms with Crippen LogP contribution in [0.1, 0.15) is 38.1 Å². The first-order chi connectivity index (χ1) is 12.4. The van der Waals surface area contributed by atoms with E-state index in [2.05, 4.69) is 4.98 Å². The summed E-state index contributed by atoms with van der Waals surface area (Å²) < 4.78 is 6.75. The van der Waals surface area contributed by atoms with Gasteiger partial charge in [0, 0.05) is 10.4 Å². The highest BCUT2D eigenvalue weighted by atomic mass is 32.1. The van der Waals surface area contributed by atoms with Crippen molar-refractivity contribution < 1.29 is 9.53 Å². The Bertz CT molecular complexity index is 991. The number of ether oxygens (including phenoxy) is 1. The molecule has 0 aliphatic rings. The smallest absolute Gasteiger partial charge is 0.329 e. The van der Waals surface area contributed by atoms with Crippen molar-refractivity contribution in [2.75, 3.05) is 0 Å². The first-order valence-electron chi connectivity index (χ1n) is 8.70. The summed E-state index contributed by atoms with van der Waals surface area (Å²) in [6.07, 6.45) is 1.99. The second kappa shape index (κ2) is 7.41. The van der Waals surface area contributed by atoms with Crippen molar-refractivity contribution in [2.24, 2.45) is 0 Å². The van der Waals surface area contributed by atoms with Gasteiger partial charge >= 0.3 is 5.97 Å². The summed E-state index contributed by atoms with van der Waals surface area (Å²) >= 11 is 1.49. The second-order valence-electron chi connectivity index (χ2n) is 6.37. The lowest BCUT2D eigenvalue weighted by Crippen LogP contribution is -2.31. The fourth-order valence-electron chi connectivity index (χ4n) is 2.84. The van der Waals surface area contributed by atoms with Crippen LogP contribution in [0.4, 0.5) is 0 Å². The molecule has 2 atom stereocenters. The normalized spacial score (nSPS) is 13.5. The van der Waals surface area contributed by atoms with Crippen LogP contribution in [-0.4, -0.2) is 21.6 Å². The molecule has 0 saturated heterocycles. The van der Waals surface area contributed by atoms with Crippen LogP contribution in [0.3, 0.4) is 0 Å². The van der Waals surface area contributed by atoms with E-state index in [1.807, 2.05) is 51.1 Å². The Labute approximate surface area is 156 Å². The molecule has 2 aromatic heterocycles. The maximum absolute atomic E-state index is 13.2. The van der Waals surface area contributed by atoms with Gasteiger partial charge in [-0.3, -0.25) is 9.36 Å². The van der Waals surface area contributed by atoms with E-state index < -0.39 is 12.0 Å². The minimum absolute atomic E-state index is 0.180. The summed E-state index contributed by atoms with van der Waals surface area (Å²) in [5.74, 6) is -0.421. The number of aryl methyl sites for hydroxylation is 1. The number of thiophene rings is 1. The fourth-order valence-corrected chi connectivity index (χ4v) is 3.84. The summed E-state index contributed by atoms with van der Waals surface area (Å²) in [6, 6.07) is 9.06. The molecule has 0 aliphatic carbocycles. The highest BCUT2D eigenvalue weighted by molar-refractivity contribution is 7.19. The van der Waals surface area contributed by atoms with Crippen molar-refractivity contribution in [3.05, 3.63) is 51.9 Å². The minimum atomic E-state index is -0.725. The van der Waals surface area contributed by atoms with Crippen LogP contribution in [0.2, 0.25) is 0 Å². The Kier molecular flexibility index (Phi) is 5.23. The van der Waals surface area contributed by atoms with E-state index in [1.54, 1.807) is 6.92 Å². The quantitative estimate of drug-likeness (QED) is 0.627. The van der Waals surface area contributed by atoms with Crippen molar-refractivity contribution in [3.63, 3.8) is 0 Å². The molecule has 0 unspecified atom stereocenters. The lowest BCUT2D eigenvalue weighted by atomic mass is 10.0. The number of fused-ring (bicyclic) bond motifs is 1. The SMILES string of the molecule is CC[C@H](C)OC(=O)[C@@H](C)n1cnc2sc(C)c(-c3ccccc3)c2c1=O. The van der Waals surface area contributed by atoms with E-state index in [0.717, 1.165) is 22.4 Å². The Morgan fingerprint density at radius 3 is 2.62 bits per heavy atom. The van der Waals surface area contributed by atoms with Crippen molar-refractivity contribution in [3.8, 4) is 11.1 Å². The third-order valence-electron chi connectivity index (χ3n) is 4.53. The topological polar surface area (TPSA) is 61.2 Å². The minimum Gasteiger partial charge on any atom is -0.461 e. The fraction of sp³-hybridized carbons (Fsp3) is 0.350. The van der Waals surface area contributed by atoms with Crippen LogP contribution in [0.25, 0.3) is 21.3 Å². The Hall–Kier alpha value is -2.47. The van der Waals surface area contributed by atoms with Crippen molar-refractivity contribution in [1.82, 2.24) is 9.55 Å². The molecule has 0 aliphatic heterocycles. The van der Waals surface area contributed by atoms with E-state index in [0.29, 0.717) is 10.2 Å². The predicted octanol–water partition coefficient (Wildman–Crippen LogP) is 4.34. The number of esters is 1. The van der Waals surface area contributed by atoms with Crippen LogP contribution < -0.4 is 5.56 Å². The number of rotatable bonds is 5. The van der Waals surface area contributed by atoms with E-state index in [4.69, 9.17) is 4.74 Å². The van der Waals surface area contributed by atoms with Crippen LogP contribution in [0.15, 0.2) is 41.5 Å². The highest BCUT2D eigenvalue weighted by Crippen LogP contribution is 2.35. The molecule has 0 bridgehead atoms. The molecule has 0 spiro atoms. The van der Waals surface area contributed by atoms with E-state index in [-0.39, 0.29) is 11.7 Å². The number of benzene rings is 1. The van der Waals surface area contributed by atoms with Gasteiger partial charge in [0.2, 0.25) is 0 Å². The molecule has 3 rings (SSSR count). The Morgan fingerprint density at radius 1 is 1.27 bits per heavy atom. The maximum Gasteiger partial charge on any atom is 0.329 e. The van der Waals surface area contributed by atoms with Crippen LogP contribution in [0, 0.1) is 6.92 Å². The summed E-state index contributed by atoms with van der Waals surface area (Å²) in [5.41, 5.74) is 1.65. The number of hydrogen-bond acceptors (Lipinski definition) is 5. The van der Waals surface area contributed by atoms with Gasteiger partial charge in [-0.25, -0.2) is 9.78 Å². The summed E-state index contributed by atoms with van der Waals surface area (Å²) in [5, 5.41) is 0.560. The monoisotopic (exact) mass is 370 g/mol. The highest BCUT2D eigenvalue weighted by Gasteiger charge is 2.23. The van der Waals surface area contributed by atoms with Gasteiger partial charge in [0.05, 0.1) is 17.8 Å². The van der Waals surface area contributed by atoms with Gasteiger partial charge in [0.1, 0.15) is 10.9 Å². The number of carbonyl (C=O) groups is 1. The second-order valence-corrected chi connectivity index (χ2v) is 7.57. The summed E-state index contributed by atoms with van der Waals surface area (Å²) in [7, 11) is 0. The molecule has 0 radical (unpaired) electrons. The summed E-state index contributed by atoms with van der Waals surface area (Å²) in [6.45, 7) is 7.44. The zero-order valence-electron chi connectivity index (χ0n) is 15.4. The van der Waals surface area contributed by atoms with E-state index >= 15 is 0 Å². The number of carbonyl (C=O) groups excluding carboxylic acids is 1. The van der Waals surface area contributed by atoms with Crippen molar-refractivity contribution in [1.29, 1.82) is 0 Å². The van der Waals surface area contributed by atoms with Gasteiger partial charge in [0.25, 0.3) is 5.56 Å². The lowest BCUT2D eigenvalue weighted by molar-refractivity contribution is -0.152. The zero-order valence-corrected chi connectivity index (χ0v) is 16.2. The largest absolute Gasteiger partial charge is 0.461 e. The molecule has 0 N–H and O–H groups in total. The molecule has 0 fully saturated rings. The van der Waals surface area contributed by atoms with Crippen molar-refractivity contribution in [2.45, 2.75) is 46.3 Å². The molecule has 136 valence electrons. The first-order valence-corrected chi connectivity index (χ1v) is 9.51. The summed E-state index contributed by atoms with van der Waals surface area (Å²) in [4.78, 5) is 31.7. The van der Waals surface area contributed by atoms with E-state index in [9.17, 15) is 9.59 Å². The Balaban J connectivity index is 2.11. The zero-order chi connectivity index (χ0) is 18.8. The number of aromatic nitrogens is 2.